The molecule has 0 amide bonds. The zero-order valence-corrected chi connectivity index (χ0v) is 20.6. The Morgan fingerprint density at radius 3 is 1.72 bits per heavy atom. The third-order valence-corrected chi connectivity index (χ3v) is 4.57. The standard InChI is InChI=1S/C14H13N4.C11H8N.CH3.Ir/c1-17-8-6-15-13(17)11-4-3-5-12(10-11)14-16-7-9-18(14)2;1-2-6-10(7-3-1)11-8-4-5-9-12-11;;/h3-9H,1-2H3;1-6,8-9H;1H3;/q3*-1;+3. The molecule has 0 aliphatic rings. The van der Waals surface area contributed by atoms with Crippen molar-refractivity contribution in [3.05, 3.63) is 111 Å². The van der Waals surface area contributed by atoms with E-state index in [0.717, 1.165) is 34.0 Å². The van der Waals surface area contributed by atoms with E-state index in [4.69, 9.17) is 0 Å². The molecule has 6 heteroatoms. The van der Waals surface area contributed by atoms with E-state index in [1.54, 1.807) is 18.6 Å². The van der Waals surface area contributed by atoms with Gasteiger partial charge in [-0.1, -0.05) is 23.3 Å². The van der Waals surface area contributed by atoms with Crippen molar-refractivity contribution in [1.29, 1.82) is 0 Å². The molecule has 0 unspecified atom stereocenters. The topological polar surface area (TPSA) is 48.5 Å². The fourth-order valence-corrected chi connectivity index (χ4v) is 3.05. The van der Waals surface area contributed by atoms with E-state index in [9.17, 15) is 0 Å². The first-order chi connectivity index (χ1) is 14.7. The van der Waals surface area contributed by atoms with Gasteiger partial charge in [0.1, 0.15) is 0 Å². The number of benzene rings is 2. The second kappa shape index (κ2) is 11.9. The van der Waals surface area contributed by atoms with Gasteiger partial charge in [0.2, 0.25) is 0 Å². The predicted molar refractivity (Wildman–Crippen MR) is 125 cm³/mol. The van der Waals surface area contributed by atoms with E-state index >= 15 is 0 Å². The molecule has 0 aliphatic heterocycles. The molecule has 3 aromatic heterocycles. The Labute approximate surface area is 203 Å². The molecule has 0 bridgehead atoms. The van der Waals surface area contributed by atoms with Crippen LogP contribution in [0.15, 0.2) is 91.6 Å². The van der Waals surface area contributed by atoms with E-state index < -0.39 is 0 Å². The Kier molecular flexibility index (Phi) is 9.26. The second-order valence-electron chi connectivity index (χ2n) is 6.69. The van der Waals surface area contributed by atoms with Gasteiger partial charge in [0, 0.05) is 45.1 Å². The quantitative estimate of drug-likeness (QED) is 0.266. The summed E-state index contributed by atoms with van der Waals surface area (Å²) in [6.07, 6.45) is 9.22. The number of rotatable bonds is 3. The van der Waals surface area contributed by atoms with Crippen LogP contribution in [-0.4, -0.2) is 24.1 Å². The number of nitrogens with zero attached hydrogens (tertiary/aromatic N) is 5. The number of hydrogen-bond donors (Lipinski definition) is 0. The molecule has 0 radical (unpaired) electrons. The summed E-state index contributed by atoms with van der Waals surface area (Å²) in [7, 11) is 3.95. The summed E-state index contributed by atoms with van der Waals surface area (Å²) in [5, 5.41) is 0. The first-order valence-electron chi connectivity index (χ1n) is 9.58. The number of imidazole rings is 2. The van der Waals surface area contributed by atoms with Crippen LogP contribution in [0.3, 0.4) is 0 Å². The van der Waals surface area contributed by atoms with Crippen LogP contribution in [0.5, 0.6) is 0 Å². The van der Waals surface area contributed by atoms with E-state index in [1.165, 1.54) is 0 Å². The molecular weight excluding hydrogens is 575 g/mol. The van der Waals surface area contributed by atoms with Crippen molar-refractivity contribution in [3.63, 3.8) is 0 Å². The summed E-state index contributed by atoms with van der Waals surface area (Å²) in [6, 6.07) is 26.2. The Balaban J connectivity index is 0.000000229. The van der Waals surface area contributed by atoms with Crippen molar-refractivity contribution in [3.8, 4) is 34.0 Å². The first-order valence-corrected chi connectivity index (χ1v) is 9.58. The molecule has 0 N–H and O–H groups in total. The zero-order valence-electron chi connectivity index (χ0n) is 18.2. The second-order valence-corrected chi connectivity index (χ2v) is 6.69. The van der Waals surface area contributed by atoms with Crippen LogP contribution in [0.1, 0.15) is 0 Å². The Morgan fingerprint density at radius 2 is 1.25 bits per heavy atom. The van der Waals surface area contributed by atoms with E-state index in [0.29, 0.717) is 0 Å². The van der Waals surface area contributed by atoms with Crippen molar-refractivity contribution in [2.75, 3.05) is 0 Å². The fraction of sp³-hybridized carbons (Fsp3) is 0.0769. The first kappa shape index (κ1) is 24.9. The summed E-state index contributed by atoms with van der Waals surface area (Å²) in [5.41, 5.74) is 3.96. The Bertz CT molecular complexity index is 1120. The molecule has 0 saturated heterocycles. The van der Waals surface area contributed by atoms with Gasteiger partial charge in [-0.25, -0.2) is 0 Å². The van der Waals surface area contributed by atoms with Crippen molar-refractivity contribution >= 4 is 0 Å². The average Bonchev–Trinajstić information content (AvgIpc) is 3.43. The molecule has 5 nitrogen and oxygen atoms in total. The molecule has 32 heavy (non-hydrogen) atoms. The minimum atomic E-state index is 0. The summed E-state index contributed by atoms with van der Waals surface area (Å²) in [6.45, 7) is 0. The van der Waals surface area contributed by atoms with Crippen molar-refractivity contribution < 1.29 is 20.1 Å². The largest absolute Gasteiger partial charge is 3.00 e. The van der Waals surface area contributed by atoms with Crippen LogP contribution in [0, 0.1) is 19.6 Å². The van der Waals surface area contributed by atoms with Crippen molar-refractivity contribution in [2.45, 2.75) is 0 Å². The van der Waals surface area contributed by atoms with Gasteiger partial charge < -0.3 is 21.5 Å². The summed E-state index contributed by atoms with van der Waals surface area (Å²) >= 11 is 0. The van der Waals surface area contributed by atoms with Crippen molar-refractivity contribution in [2.24, 2.45) is 14.1 Å². The minimum Gasteiger partial charge on any atom is -0.365 e. The maximum absolute atomic E-state index is 4.34. The van der Waals surface area contributed by atoms with Crippen LogP contribution in [0.4, 0.5) is 0 Å². The smallest absolute Gasteiger partial charge is 0.365 e. The van der Waals surface area contributed by atoms with Gasteiger partial charge in [0.05, 0.1) is 11.6 Å². The molecule has 0 saturated carbocycles. The van der Waals surface area contributed by atoms with Crippen LogP contribution in [0.25, 0.3) is 34.0 Å². The number of pyridine rings is 1. The Hall–Kier alpha value is -3.34. The molecule has 5 aromatic rings. The zero-order chi connectivity index (χ0) is 20.8. The maximum Gasteiger partial charge on any atom is 3.00 e. The Morgan fingerprint density at radius 1 is 0.656 bits per heavy atom. The summed E-state index contributed by atoms with van der Waals surface area (Å²) in [4.78, 5) is 12.9. The van der Waals surface area contributed by atoms with Gasteiger partial charge in [-0.15, -0.1) is 60.2 Å². The van der Waals surface area contributed by atoms with Crippen LogP contribution in [0.2, 0.25) is 0 Å². The van der Waals surface area contributed by atoms with E-state index in [2.05, 4.69) is 27.1 Å². The molecular formula is C26H24IrN5. The predicted octanol–water partition coefficient (Wildman–Crippen LogP) is 5.28. The number of hydrogen-bond acceptors (Lipinski definition) is 3. The van der Waals surface area contributed by atoms with Gasteiger partial charge in [-0.3, -0.25) is 9.97 Å². The molecule has 0 aliphatic carbocycles. The van der Waals surface area contributed by atoms with Gasteiger partial charge in [-0.2, -0.15) is 0 Å². The third kappa shape index (κ3) is 5.88. The van der Waals surface area contributed by atoms with Crippen LogP contribution in [-0.2, 0) is 34.2 Å². The normalized spacial score (nSPS) is 9.69. The molecule has 0 spiro atoms. The molecule has 2 aromatic carbocycles. The third-order valence-electron chi connectivity index (χ3n) is 4.57. The van der Waals surface area contributed by atoms with Crippen LogP contribution >= 0.6 is 0 Å². The number of aryl methyl sites for hydroxylation is 2. The average molecular weight is 599 g/mol. The van der Waals surface area contributed by atoms with Gasteiger partial charge >= 0.3 is 20.1 Å². The van der Waals surface area contributed by atoms with E-state index in [1.807, 2.05) is 96.3 Å². The van der Waals surface area contributed by atoms with Gasteiger partial charge in [-0.05, 0) is 11.8 Å². The number of aromatic nitrogens is 5. The molecule has 5 rings (SSSR count). The van der Waals surface area contributed by atoms with Crippen molar-refractivity contribution in [1.82, 2.24) is 24.1 Å². The van der Waals surface area contributed by atoms with E-state index in [-0.39, 0.29) is 27.5 Å². The summed E-state index contributed by atoms with van der Waals surface area (Å²) < 4.78 is 3.96. The molecule has 3 heterocycles. The maximum atomic E-state index is 4.34. The minimum absolute atomic E-state index is 0. The SMILES string of the molecule is Cn1ccnc1-c1[c-]c(-c2nccn2C)ccc1.[CH3-].[Ir+3].[c-]1ccccc1-c1ccccn1. The fourth-order valence-electron chi connectivity index (χ4n) is 3.05. The molecule has 0 fully saturated rings. The van der Waals surface area contributed by atoms with Crippen LogP contribution < -0.4 is 0 Å². The van der Waals surface area contributed by atoms with Gasteiger partial charge in [0.25, 0.3) is 0 Å². The monoisotopic (exact) mass is 599 g/mol. The molecule has 162 valence electrons. The van der Waals surface area contributed by atoms with Gasteiger partial charge in [0.15, 0.2) is 0 Å². The molecule has 0 atom stereocenters. The summed E-state index contributed by atoms with van der Waals surface area (Å²) in [5.74, 6) is 1.82.